The molecular formula is C34H40N2O4S2. The van der Waals surface area contributed by atoms with E-state index in [2.05, 4.69) is 73.0 Å². The van der Waals surface area contributed by atoms with E-state index in [0.29, 0.717) is 11.5 Å². The maximum atomic E-state index is 10.3. The number of thioether (sulfide) groups is 2. The third-order valence-corrected chi connectivity index (χ3v) is 8.75. The van der Waals surface area contributed by atoms with Crippen LogP contribution in [0.15, 0.2) is 97.1 Å². The average Bonchev–Trinajstić information content (AvgIpc) is 3.00. The molecule has 0 saturated carbocycles. The Morgan fingerprint density at radius 3 is 1.17 bits per heavy atom. The number of ether oxygens (including phenoxy) is 2. The molecule has 42 heavy (non-hydrogen) atoms. The molecule has 0 fully saturated rings. The van der Waals surface area contributed by atoms with Crippen LogP contribution in [0.2, 0.25) is 0 Å². The summed E-state index contributed by atoms with van der Waals surface area (Å²) in [5.41, 5.74) is 6.50. The van der Waals surface area contributed by atoms with E-state index in [1.165, 1.54) is 11.1 Å². The van der Waals surface area contributed by atoms with Crippen LogP contribution in [-0.4, -0.2) is 58.6 Å². The molecule has 0 radical (unpaired) electrons. The van der Waals surface area contributed by atoms with Gasteiger partial charge in [0.25, 0.3) is 0 Å². The van der Waals surface area contributed by atoms with Crippen molar-refractivity contribution in [1.82, 2.24) is 0 Å². The standard InChI is InChI=1S/C34H40N2O4S2/c1-25-3-7-27(8-4-25)35-29-11-15-33(16-12-29)39-21-31(37)23-41-19-20-42-24-32(38)22-40-34-17-13-30(14-18-34)36-28-9-5-26(2)6-10-28/h3-18,31-32,35-38H,19-24H2,1-2H3. The van der Waals surface area contributed by atoms with Gasteiger partial charge in [-0.25, -0.2) is 0 Å². The van der Waals surface area contributed by atoms with Gasteiger partial charge in [0, 0.05) is 45.8 Å². The topological polar surface area (TPSA) is 83.0 Å². The highest BCUT2D eigenvalue weighted by molar-refractivity contribution is 8.02. The van der Waals surface area contributed by atoms with Gasteiger partial charge in [0.05, 0.1) is 12.2 Å². The Bertz CT molecular complexity index is 1210. The van der Waals surface area contributed by atoms with Crippen molar-refractivity contribution in [3.8, 4) is 11.5 Å². The van der Waals surface area contributed by atoms with Gasteiger partial charge in [-0.15, -0.1) is 0 Å². The molecule has 4 rings (SSSR count). The van der Waals surface area contributed by atoms with Crippen LogP contribution in [0.3, 0.4) is 0 Å². The lowest BCUT2D eigenvalue weighted by Gasteiger charge is -2.14. The number of rotatable bonds is 17. The van der Waals surface area contributed by atoms with E-state index >= 15 is 0 Å². The summed E-state index contributed by atoms with van der Waals surface area (Å²) >= 11 is 3.37. The number of nitrogens with one attached hydrogen (secondary N) is 2. The largest absolute Gasteiger partial charge is 0.491 e. The van der Waals surface area contributed by atoms with Gasteiger partial charge in [0.1, 0.15) is 24.7 Å². The summed E-state index contributed by atoms with van der Waals surface area (Å²) in [7, 11) is 0. The Morgan fingerprint density at radius 2 is 0.833 bits per heavy atom. The molecule has 0 heterocycles. The summed E-state index contributed by atoms with van der Waals surface area (Å²) in [6.07, 6.45) is -1.08. The van der Waals surface area contributed by atoms with Crippen molar-refractivity contribution >= 4 is 46.3 Å². The van der Waals surface area contributed by atoms with Gasteiger partial charge in [-0.2, -0.15) is 23.5 Å². The lowest BCUT2D eigenvalue weighted by atomic mass is 10.2. The van der Waals surface area contributed by atoms with Crippen molar-refractivity contribution in [2.75, 3.05) is 46.9 Å². The molecule has 0 bridgehead atoms. The molecule has 0 aliphatic carbocycles. The minimum absolute atomic E-state index is 0.254. The van der Waals surface area contributed by atoms with E-state index in [9.17, 15) is 10.2 Å². The van der Waals surface area contributed by atoms with Crippen LogP contribution in [0.4, 0.5) is 22.7 Å². The van der Waals surface area contributed by atoms with E-state index in [-0.39, 0.29) is 13.2 Å². The van der Waals surface area contributed by atoms with Crippen molar-refractivity contribution < 1.29 is 19.7 Å². The second-order valence-corrected chi connectivity index (χ2v) is 12.4. The third-order valence-electron chi connectivity index (χ3n) is 6.27. The summed E-state index contributed by atoms with van der Waals surface area (Å²) in [6, 6.07) is 32.0. The zero-order chi connectivity index (χ0) is 29.6. The molecule has 2 atom stereocenters. The average molecular weight is 605 g/mol. The smallest absolute Gasteiger partial charge is 0.119 e. The molecule has 6 nitrogen and oxygen atoms in total. The zero-order valence-corrected chi connectivity index (χ0v) is 25.8. The van der Waals surface area contributed by atoms with Crippen LogP contribution in [0.25, 0.3) is 0 Å². The Balaban J connectivity index is 1.02. The lowest BCUT2D eigenvalue weighted by Crippen LogP contribution is -2.21. The van der Waals surface area contributed by atoms with E-state index in [1.807, 2.05) is 48.5 Å². The number of aryl methyl sites for hydroxylation is 2. The predicted molar refractivity (Wildman–Crippen MR) is 179 cm³/mol. The molecule has 4 aromatic rings. The number of hydrogen-bond acceptors (Lipinski definition) is 8. The number of aliphatic hydroxyl groups excluding tert-OH is 2. The van der Waals surface area contributed by atoms with Gasteiger partial charge >= 0.3 is 0 Å². The number of aliphatic hydroxyl groups is 2. The number of hydrogen-bond donors (Lipinski definition) is 4. The molecule has 8 heteroatoms. The van der Waals surface area contributed by atoms with Crippen LogP contribution in [0.1, 0.15) is 11.1 Å². The monoisotopic (exact) mass is 604 g/mol. The molecule has 222 valence electrons. The highest BCUT2D eigenvalue weighted by Gasteiger charge is 2.08. The van der Waals surface area contributed by atoms with Crippen LogP contribution >= 0.6 is 23.5 Å². The first kappa shape index (κ1) is 31.6. The Labute approximate surface area is 257 Å². The molecule has 0 amide bonds. The first-order chi connectivity index (χ1) is 20.4. The fourth-order valence-electron chi connectivity index (χ4n) is 3.91. The van der Waals surface area contributed by atoms with Gasteiger partial charge in [0.15, 0.2) is 0 Å². The second-order valence-electron chi connectivity index (χ2n) is 10.1. The van der Waals surface area contributed by atoms with Gasteiger partial charge in [0.2, 0.25) is 0 Å². The zero-order valence-electron chi connectivity index (χ0n) is 24.2. The molecule has 0 spiro atoms. The molecule has 0 aromatic heterocycles. The lowest BCUT2D eigenvalue weighted by molar-refractivity contribution is 0.126. The maximum absolute atomic E-state index is 10.3. The fraction of sp³-hybridized carbons (Fsp3) is 0.294. The predicted octanol–water partition coefficient (Wildman–Crippen LogP) is 7.44. The first-order valence-electron chi connectivity index (χ1n) is 14.1. The Hall–Kier alpha value is -3.30. The second kappa shape index (κ2) is 17.0. The SMILES string of the molecule is Cc1ccc(Nc2ccc(OCC(O)CSCCSCC(O)COc3ccc(Nc4ccc(C)cc4)cc3)cc2)cc1. The first-order valence-corrected chi connectivity index (χ1v) is 16.4. The van der Waals surface area contributed by atoms with E-state index in [4.69, 9.17) is 9.47 Å². The fourth-order valence-corrected chi connectivity index (χ4v) is 5.93. The van der Waals surface area contributed by atoms with Crippen molar-refractivity contribution in [2.45, 2.75) is 26.1 Å². The van der Waals surface area contributed by atoms with Gasteiger partial charge in [-0.3, -0.25) is 0 Å². The van der Waals surface area contributed by atoms with Crippen LogP contribution in [0.5, 0.6) is 11.5 Å². The normalized spacial score (nSPS) is 12.4. The molecule has 2 unspecified atom stereocenters. The highest BCUT2D eigenvalue weighted by atomic mass is 32.2. The summed E-state index contributed by atoms with van der Waals surface area (Å²) in [5, 5.41) is 27.3. The molecular weight excluding hydrogens is 565 g/mol. The van der Waals surface area contributed by atoms with E-state index in [1.54, 1.807) is 23.5 Å². The maximum Gasteiger partial charge on any atom is 0.119 e. The minimum Gasteiger partial charge on any atom is -0.491 e. The molecule has 0 aliphatic rings. The Kier molecular flexibility index (Phi) is 12.8. The van der Waals surface area contributed by atoms with Crippen molar-refractivity contribution in [2.24, 2.45) is 0 Å². The molecule has 0 saturated heterocycles. The van der Waals surface area contributed by atoms with Gasteiger partial charge < -0.3 is 30.3 Å². The summed E-state index contributed by atoms with van der Waals surface area (Å²) in [6.45, 7) is 4.64. The van der Waals surface area contributed by atoms with Gasteiger partial charge in [-0.1, -0.05) is 35.4 Å². The van der Waals surface area contributed by atoms with Crippen molar-refractivity contribution in [3.63, 3.8) is 0 Å². The minimum atomic E-state index is -0.539. The molecule has 4 aromatic carbocycles. The molecule has 4 N–H and O–H groups in total. The third kappa shape index (κ3) is 11.5. The summed E-state index contributed by atoms with van der Waals surface area (Å²) in [5.74, 6) is 4.46. The van der Waals surface area contributed by atoms with Gasteiger partial charge in [-0.05, 0) is 86.6 Å². The van der Waals surface area contributed by atoms with E-state index in [0.717, 1.165) is 45.8 Å². The number of anilines is 4. The number of benzene rings is 4. The molecule has 0 aliphatic heterocycles. The van der Waals surface area contributed by atoms with E-state index < -0.39 is 12.2 Å². The van der Waals surface area contributed by atoms with Crippen molar-refractivity contribution in [1.29, 1.82) is 0 Å². The Morgan fingerprint density at radius 1 is 0.524 bits per heavy atom. The van der Waals surface area contributed by atoms with Crippen LogP contribution < -0.4 is 20.1 Å². The van der Waals surface area contributed by atoms with Crippen LogP contribution in [0, 0.1) is 13.8 Å². The summed E-state index contributed by atoms with van der Waals surface area (Å²) in [4.78, 5) is 0. The van der Waals surface area contributed by atoms with Crippen LogP contribution in [-0.2, 0) is 0 Å². The quantitative estimate of drug-likeness (QED) is 0.0926. The summed E-state index contributed by atoms with van der Waals surface area (Å²) < 4.78 is 11.5. The highest BCUT2D eigenvalue weighted by Crippen LogP contribution is 2.22. The van der Waals surface area contributed by atoms with Crippen molar-refractivity contribution in [3.05, 3.63) is 108 Å².